The van der Waals surface area contributed by atoms with E-state index in [1.807, 2.05) is 0 Å². The van der Waals surface area contributed by atoms with Crippen LogP contribution in [0.2, 0.25) is 5.02 Å². The van der Waals surface area contributed by atoms with Crippen LogP contribution < -0.4 is 16.0 Å². The fourth-order valence-electron chi connectivity index (χ4n) is 3.45. The average molecular weight is 421 g/mol. The molecule has 0 bridgehead atoms. The minimum atomic E-state index is -1.37. The highest BCUT2D eigenvalue weighted by Crippen LogP contribution is 2.34. The van der Waals surface area contributed by atoms with E-state index in [4.69, 9.17) is 16.3 Å². The summed E-state index contributed by atoms with van der Waals surface area (Å²) < 4.78 is 5.05. The van der Waals surface area contributed by atoms with Crippen molar-refractivity contribution in [1.29, 1.82) is 0 Å². The number of hydrogen-bond donors (Lipinski definition) is 3. The Hall–Kier alpha value is -3.07. The highest BCUT2D eigenvalue weighted by atomic mass is 35.5. The molecule has 1 fully saturated rings. The zero-order valence-corrected chi connectivity index (χ0v) is 16.9. The number of hydrogen-bond acceptors (Lipinski definition) is 5. The summed E-state index contributed by atoms with van der Waals surface area (Å²) in [6.07, 6.45) is 0. The van der Waals surface area contributed by atoms with E-state index >= 15 is 0 Å². The van der Waals surface area contributed by atoms with Crippen molar-refractivity contribution in [1.82, 2.24) is 20.9 Å². The van der Waals surface area contributed by atoms with Gasteiger partial charge in [0.25, 0.3) is 5.91 Å². The maximum atomic E-state index is 13.1. The van der Waals surface area contributed by atoms with Crippen LogP contribution in [-0.2, 0) is 19.9 Å². The van der Waals surface area contributed by atoms with Gasteiger partial charge < -0.3 is 20.7 Å². The molecule has 2 heterocycles. The molecule has 0 spiro atoms. The van der Waals surface area contributed by atoms with Crippen LogP contribution in [0.4, 0.5) is 9.59 Å². The van der Waals surface area contributed by atoms with Crippen LogP contribution in [0.25, 0.3) is 0 Å². The summed E-state index contributed by atoms with van der Waals surface area (Å²) in [5, 5.41) is 8.07. The molecule has 2 aliphatic rings. The number of benzene rings is 1. The van der Waals surface area contributed by atoms with Crippen LogP contribution in [0.15, 0.2) is 35.5 Å². The monoisotopic (exact) mass is 420 g/mol. The average Bonchev–Trinajstić information content (AvgIpc) is 2.85. The number of imide groups is 1. The number of carbonyl (C=O) groups excluding carboxylic acids is 4. The fourth-order valence-corrected chi connectivity index (χ4v) is 3.78. The molecule has 10 heteroatoms. The lowest BCUT2D eigenvalue weighted by molar-refractivity contribution is -0.139. The van der Waals surface area contributed by atoms with Crippen molar-refractivity contribution in [2.75, 3.05) is 13.2 Å². The largest absolute Gasteiger partial charge is 0.463 e. The predicted octanol–water partition coefficient (Wildman–Crippen LogP) is 1.63. The van der Waals surface area contributed by atoms with Crippen molar-refractivity contribution in [3.05, 3.63) is 46.1 Å². The molecule has 2 aliphatic heterocycles. The van der Waals surface area contributed by atoms with Gasteiger partial charge in [0.2, 0.25) is 0 Å². The van der Waals surface area contributed by atoms with E-state index in [0.717, 1.165) is 4.90 Å². The van der Waals surface area contributed by atoms with E-state index in [1.54, 1.807) is 45.0 Å². The van der Waals surface area contributed by atoms with Crippen LogP contribution in [0, 0.1) is 0 Å². The van der Waals surface area contributed by atoms with Crippen molar-refractivity contribution in [2.45, 2.75) is 32.4 Å². The molecule has 9 nitrogen and oxygen atoms in total. The third-order valence-electron chi connectivity index (χ3n) is 4.87. The molecule has 2 atom stereocenters. The molecule has 1 aromatic rings. The summed E-state index contributed by atoms with van der Waals surface area (Å²) in [6, 6.07) is 4.87. The molecule has 0 saturated carbocycles. The summed E-state index contributed by atoms with van der Waals surface area (Å²) in [7, 11) is 0. The molecular formula is C19H21ClN4O5. The number of nitrogens with zero attached hydrogens (tertiary/aromatic N) is 1. The Bertz CT molecular complexity index is 931. The van der Waals surface area contributed by atoms with Crippen LogP contribution in [0.5, 0.6) is 0 Å². The van der Waals surface area contributed by atoms with Crippen LogP contribution >= 0.6 is 11.6 Å². The Morgan fingerprint density at radius 2 is 1.97 bits per heavy atom. The lowest BCUT2D eigenvalue weighted by Gasteiger charge is -2.28. The summed E-state index contributed by atoms with van der Waals surface area (Å²) in [5.74, 6) is -1.19. The van der Waals surface area contributed by atoms with Crippen molar-refractivity contribution in [3.63, 3.8) is 0 Å². The lowest BCUT2D eigenvalue weighted by atomic mass is 9.92. The molecule has 154 valence electrons. The second-order valence-electron chi connectivity index (χ2n) is 6.86. The first-order valence-electron chi connectivity index (χ1n) is 9.05. The normalized spacial score (nSPS) is 24.2. The Balaban J connectivity index is 1.96. The van der Waals surface area contributed by atoms with Gasteiger partial charge in [-0.3, -0.25) is 9.69 Å². The second-order valence-corrected chi connectivity index (χ2v) is 7.27. The molecule has 1 aromatic carbocycles. The maximum Gasteiger partial charge on any atom is 0.337 e. The number of ether oxygens (including phenoxy) is 1. The van der Waals surface area contributed by atoms with E-state index in [1.165, 1.54) is 0 Å². The number of nitrogens with one attached hydrogen (secondary N) is 3. The topological polar surface area (TPSA) is 117 Å². The third kappa shape index (κ3) is 3.65. The smallest absolute Gasteiger partial charge is 0.337 e. The molecular weight excluding hydrogens is 400 g/mol. The van der Waals surface area contributed by atoms with Crippen molar-refractivity contribution >= 4 is 35.5 Å². The fraction of sp³-hybridized carbons (Fsp3) is 0.368. The molecule has 5 amide bonds. The number of rotatable bonds is 5. The van der Waals surface area contributed by atoms with Crippen LogP contribution in [0.1, 0.15) is 26.3 Å². The Morgan fingerprint density at radius 1 is 1.28 bits per heavy atom. The standard InChI is InChI=1S/C19H21ClN4O5/c1-4-29-15(25)14-10(2)21-17(27)22-13(14)9-24-16(26)19(3,23-18(24)28)11-7-5-6-8-12(11)20/h5-8,10H,4,9H2,1-3H3,(H,23,28)(H2,21,22,27)/t10-,19+/m1/s1. The van der Waals surface area contributed by atoms with Gasteiger partial charge in [-0.05, 0) is 26.8 Å². The molecule has 3 N–H and O–H groups in total. The number of amides is 5. The van der Waals surface area contributed by atoms with Gasteiger partial charge >= 0.3 is 18.0 Å². The van der Waals surface area contributed by atoms with E-state index in [2.05, 4.69) is 16.0 Å². The summed E-state index contributed by atoms with van der Waals surface area (Å²) in [6.45, 7) is 4.67. The van der Waals surface area contributed by atoms with Gasteiger partial charge in [-0.25, -0.2) is 14.4 Å². The minimum Gasteiger partial charge on any atom is -0.463 e. The van der Waals surface area contributed by atoms with E-state index in [-0.39, 0.29) is 24.4 Å². The second kappa shape index (κ2) is 7.75. The van der Waals surface area contributed by atoms with Gasteiger partial charge in [0.1, 0.15) is 5.54 Å². The van der Waals surface area contributed by atoms with Crippen molar-refractivity contribution in [2.24, 2.45) is 0 Å². The Morgan fingerprint density at radius 3 is 2.62 bits per heavy atom. The molecule has 0 radical (unpaired) electrons. The van der Waals surface area contributed by atoms with Gasteiger partial charge in [0.05, 0.1) is 30.5 Å². The first kappa shape index (κ1) is 20.7. The Labute approximate surface area is 172 Å². The summed E-state index contributed by atoms with van der Waals surface area (Å²) in [5.41, 5.74) is -0.641. The van der Waals surface area contributed by atoms with Crippen LogP contribution in [0.3, 0.4) is 0 Å². The van der Waals surface area contributed by atoms with Gasteiger partial charge in [0, 0.05) is 10.6 Å². The van der Waals surface area contributed by atoms with Crippen molar-refractivity contribution in [3.8, 4) is 0 Å². The number of urea groups is 2. The Kier molecular flexibility index (Phi) is 5.52. The lowest BCUT2D eigenvalue weighted by Crippen LogP contribution is -2.52. The minimum absolute atomic E-state index is 0.131. The highest BCUT2D eigenvalue weighted by Gasteiger charge is 2.50. The third-order valence-corrected chi connectivity index (χ3v) is 5.20. The first-order chi connectivity index (χ1) is 13.7. The maximum absolute atomic E-state index is 13.1. The van der Waals surface area contributed by atoms with E-state index in [9.17, 15) is 19.2 Å². The molecule has 0 aromatic heterocycles. The predicted molar refractivity (Wildman–Crippen MR) is 104 cm³/mol. The summed E-state index contributed by atoms with van der Waals surface area (Å²) >= 11 is 6.23. The number of carbonyl (C=O) groups is 4. The SMILES string of the molecule is CCOC(=O)C1=C(CN2C(=O)N[C@@](C)(c3ccccc3Cl)C2=O)NC(=O)N[C@@H]1C. The van der Waals surface area contributed by atoms with E-state index in [0.29, 0.717) is 10.6 Å². The zero-order chi connectivity index (χ0) is 21.3. The molecule has 0 aliphatic carbocycles. The highest BCUT2D eigenvalue weighted by molar-refractivity contribution is 6.32. The zero-order valence-electron chi connectivity index (χ0n) is 16.2. The molecule has 0 unspecified atom stereocenters. The van der Waals surface area contributed by atoms with Gasteiger partial charge in [-0.1, -0.05) is 29.8 Å². The quantitative estimate of drug-likeness (QED) is 0.494. The van der Waals surface area contributed by atoms with Gasteiger partial charge in [0.15, 0.2) is 0 Å². The number of halogens is 1. The first-order valence-corrected chi connectivity index (χ1v) is 9.43. The molecule has 29 heavy (non-hydrogen) atoms. The molecule has 1 saturated heterocycles. The van der Waals surface area contributed by atoms with Gasteiger partial charge in [-0.15, -0.1) is 0 Å². The van der Waals surface area contributed by atoms with E-state index < -0.39 is 35.5 Å². The van der Waals surface area contributed by atoms with Gasteiger partial charge in [-0.2, -0.15) is 0 Å². The van der Waals surface area contributed by atoms with Crippen molar-refractivity contribution < 1.29 is 23.9 Å². The number of esters is 1. The van der Waals surface area contributed by atoms with Crippen LogP contribution in [-0.4, -0.2) is 48.0 Å². The molecule has 3 rings (SSSR count). The summed E-state index contributed by atoms with van der Waals surface area (Å²) in [4.78, 5) is 51.0.